The van der Waals surface area contributed by atoms with Crippen molar-refractivity contribution >= 4 is 5.69 Å². The van der Waals surface area contributed by atoms with E-state index in [1.165, 1.54) is 0 Å². The lowest BCUT2D eigenvalue weighted by Gasteiger charge is -2.23. The first-order valence-corrected chi connectivity index (χ1v) is 5.03. The van der Waals surface area contributed by atoms with Crippen LogP contribution in [0.2, 0.25) is 0 Å². The molecule has 0 fully saturated rings. The van der Waals surface area contributed by atoms with E-state index >= 15 is 0 Å². The van der Waals surface area contributed by atoms with Gasteiger partial charge >= 0.3 is 0 Å². The number of aromatic nitrogens is 1. The van der Waals surface area contributed by atoms with Gasteiger partial charge in [0.25, 0.3) is 0 Å². The summed E-state index contributed by atoms with van der Waals surface area (Å²) < 4.78 is 5.10. The molecule has 0 spiro atoms. The van der Waals surface area contributed by atoms with E-state index in [-0.39, 0.29) is 0 Å². The summed E-state index contributed by atoms with van der Waals surface area (Å²) in [5, 5.41) is 0. The van der Waals surface area contributed by atoms with Crippen LogP contribution in [-0.2, 0) is 11.3 Å². The molecule has 0 aliphatic heterocycles. The first-order valence-electron chi connectivity index (χ1n) is 5.03. The predicted molar refractivity (Wildman–Crippen MR) is 61.5 cm³/mol. The summed E-state index contributed by atoms with van der Waals surface area (Å²) >= 11 is 0. The van der Waals surface area contributed by atoms with Crippen LogP contribution in [0.1, 0.15) is 12.6 Å². The van der Waals surface area contributed by atoms with Crippen LogP contribution in [-0.4, -0.2) is 36.7 Å². The number of nitrogen functional groups attached to an aromatic ring is 1. The Hall–Kier alpha value is -1.13. The molecule has 1 atom stereocenters. The number of anilines is 1. The molecule has 0 aliphatic rings. The van der Waals surface area contributed by atoms with Gasteiger partial charge in [-0.3, -0.25) is 9.88 Å². The zero-order valence-corrected chi connectivity index (χ0v) is 9.60. The molecule has 4 nitrogen and oxygen atoms in total. The van der Waals surface area contributed by atoms with E-state index in [9.17, 15) is 0 Å². The number of hydrogen-bond donors (Lipinski definition) is 1. The Bertz CT molecular complexity index is 304. The average Bonchev–Trinajstić information content (AvgIpc) is 2.18. The Morgan fingerprint density at radius 1 is 1.60 bits per heavy atom. The highest BCUT2D eigenvalue weighted by Gasteiger charge is 2.09. The van der Waals surface area contributed by atoms with Crippen molar-refractivity contribution in [1.29, 1.82) is 0 Å². The summed E-state index contributed by atoms with van der Waals surface area (Å²) in [6.45, 7) is 3.63. The summed E-state index contributed by atoms with van der Waals surface area (Å²) in [5.74, 6) is 0. The fourth-order valence-electron chi connectivity index (χ4n) is 1.36. The zero-order chi connectivity index (χ0) is 11.3. The fraction of sp³-hybridized carbons (Fsp3) is 0.545. The minimum absolute atomic E-state index is 0.373. The minimum atomic E-state index is 0.373. The number of likely N-dealkylation sites (N-methyl/N-ethyl adjacent to an activating group) is 1. The quantitative estimate of drug-likeness (QED) is 0.790. The van der Waals surface area contributed by atoms with Crippen LogP contribution >= 0.6 is 0 Å². The van der Waals surface area contributed by atoms with E-state index in [0.717, 1.165) is 24.5 Å². The van der Waals surface area contributed by atoms with Crippen LogP contribution < -0.4 is 5.73 Å². The Labute approximate surface area is 91.1 Å². The van der Waals surface area contributed by atoms with E-state index in [4.69, 9.17) is 10.5 Å². The molecule has 1 heterocycles. The van der Waals surface area contributed by atoms with Crippen LogP contribution in [0, 0.1) is 0 Å². The molecule has 0 saturated heterocycles. The monoisotopic (exact) mass is 209 g/mol. The van der Waals surface area contributed by atoms with Gasteiger partial charge in [-0.05, 0) is 26.1 Å². The molecule has 1 rings (SSSR count). The second-order valence-electron chi connectivity index (χ2n) is 3.80. The summed E-state index contributed by atoms with van der Waals surface area (Å²) in [6.07, 6.45) is 1.74. The third-order valence-corrected chi connectivity index (χ3v) is 2.41. The molecule has 2 N–H and O–H groups in total. The summed E-state index contributed by atoms with van der Waals surface area (Å²) in [4.78, 5) is 6.45. The van der Waals surface area contributed by atoms with Crippen molar-refractivity contribution in [2.45, 2.75) is 19.5 Å². The van der Waals surface area contributed by atoms with Crippen molar-refractivity contribution in [3.05, 3.63) is 24.0 Å². The first kappa shape index (κ1) is 11.9. The Morgan fingerprint density at radius 2 is 2.33 bits per heavy atom. The third kappa shape index (κ3) is 3.85. The zero-order valence-electron chi connectivity index (χ0n) is 9.60. The van der Waals surface area contributed by atoms with E-state index in [1.807, 2.05) is 6.07 Å². The SMILES string of the molecule is COCC(C)N(C)Cc1cc(N)ccn1. The van der Waals surface area contributed by atoms with Crippen LogP contribution in [0.3, 0.4) is 0 Å². The van der Waals surface area contributed by atoms with Crippen molar-refractivity contribution in [2.75, 3.05) is 26.5 Å². The summed E-state index contributed by atoms with van der Waals surface area (Å²) in [7, 11) is 3.76. The van der Waals surface area contributed by atoms with Crippen LogP contribution in [0.25, 0.3) is 0 Å². The van der Waals surface area contributed by atoms with Crippen molar-refractivity contribution in [3.63, 3.8) is 0 Å². The molecule has 0 amide bonds. The van der Waals surface area contributed by atoms with Gasteiger partial charge in [0, 0.05) is 31.6 Å². The van der Waals surface area contributed by atoms with Crippen LogP contribution in [0.15, 0.2) is 18.3 Å². The van der Waals surface area contributed by atoms with Crippen molar-refractivity contribution in [3.8, 4) is 0 Å². The van der Waals surface area contributed by atoms with Gasteiger partial charge in [0.1, 0.15) is 0 Å². The molecule has 1 aromatic rings. The lowest BCUT2D eigenvalue weighted by atomic mass is 10.2. The number of nitrogens with two attached hydrogens (primary N) is 1. The smallest absolute Gasteiger partial charge is 0.0615 e. The van der Waals surface area contributed by atoms with Gasteiger partial charge in [-0.15, -0.1) is 0 Å². The van der Waals surface area contributed by atoms with Gasteiger partial charge < -0.3 is 10.5 Å². The molecule has 0 aromatic carbocycles. The molecular weight excluding hydrogens is 190 g/mol. The van der Waals surface area contributed by atoms with Gasteiger partial charge in [0.2, 0.25) is 0 Å². The number of ether oxygens (including phenoxy) is 1. The van der Waals surface area contributed by atoms with E-state index < -0.39 is 0 Å². The Balaban J connectivity index is 2.54. The molecule has 0 bridgehead atoms. The van der Waals surface area contributed by atoms with Crippen molar-refractivity contribution < 1.29 is 4.74 Å². The highest BCUT2D eigenvalue weighted by atomic mass is 16.5. The molecule has 0 radical (unpaired) electrons. The summed E-state index contributed by atoms with van der Waals surface area (Å²) in [6, 6.07) is 4.07. The van der Waals surface area contributed by atoms with E-state index in [0.29, 0.717) is 6.04 Å². The molecule has 15 heavy (non-hydrogen) atoms. The number of nitrogens with zero attached hydrogens (tertiary/aromatic N) is 2. The Morgan fingerprint density at radius 3 is 2.93 bits per heavy atom. The molecule has 84 valence electrons. The number of pyridine rings is 1. The van der Waals surface area contributed by atoms with Crippen LogP contribution in [0.4, 0.5) is 5.69 Å². The highest BCUT2D eigenvalue weighted by Crippen LogP contribution is 2.07. The molecule has 1 unspecified atom stereocenters. The first-order chi connectivity index (χ1) is 7.13. The predicted octanol–water partition coefficient (Wildman–Crippen LogP) is 1.13. The van der Waals surface area contributed by atoms with Gasteiger partial charge in [0.15, 0.2) is 0 Å². The second-order valence-corrected chi connectivity index (χ2v) is 3.80. The van der Waals surface area contributed by atoms with Gasteiger partial charge in [0.05, 0.1) is 12.3 Å². The van der Waals surface area contributed by atoms with Gasteiger partial charge in [-0.25, -0.2) is 0 Å². The maximum absolute atomic E-state index is 5.69. The maximum atomic E-state index is 5.69. The number of hydrogen-bond acceptors (Lipinski definition) is 4. The maximum Gasteiger partial charge on any atom is 0.0615 e. The normalized spacial score (nSPS) is 13.1. The van der Waals surface area contributed by atoms with Crippen molar-refractivity contribution in [2.24, 2.45) is 0 Å². The van der Waals surface area contributed by atoms with E-state index in [1.54, 1.807) is 19.4 Å². The van der Waals surface area contributed by atoms with Crippen molar-refractivity contribution in [1.82, 2.24) is 9.88 Å². The van der Waals surface area contributed by atoms with Gasteiger partial charge in [-0.2, -0.15) is 0 Å². The molecule has 0 aliphatic carbocycles. The third-order valence-electron chi connectivity index (χ3n) is 2.41. The lowest BCUT2D eigenvalue weighted by molar-refractivity contribution is 0.111. The molecular formula is C11H19N3O. The topological polar surface area (TPSA) is 51.4 Å². The molecule has 0 saturated carbocycles. The number of methoxy groups -OCH3 is 1. The standard InChI is InChI=1S/C11H19N3O/c1-9(8-15-3)14(2)7-11-6-10(12)4-5-13-11/h4-6,9H,7-8H2,1-3H3,(H2,12,13). The summed E-state index contributed by atoms with van der Waals surface area (Å²) in [5.41, 5.74) is 7.43. The fourth-order valence-corrected chi connectivity index (χ4v) is 1.36. The number of rotatable bonds is 5. The molecule has 4 heteroatoms. The van der Waals surface area contributed by atoms with Gasteiger partial charge in [-0.1, -0.05) is 0 Å². The molecule has 1 aromatic heterocycles. The largest absolute Gasteiger partial charge is 0.399 e. The highest BCUT2D eigenvalue weighted by molar-refractivity contribution is 5.37. The minimum Gasteiger partial charge on any atom is -0.399 e. The second kappa shape index (κ2) is 5.68. The lowest BCUT2D eigenvalue weighted by Crippen LogP contribution is -2.32. The van der Waals surface area contributed by atoms with Crippen LogP contribution in [0.5, 0.6) is 0 Å². The average molecular weight is 209 g/mol. The van der Waals surface area contributed by atoms with E-state index in [2.05, 4.69) is 23.9 Å². The Kier molecular flexibility index (Phi) is 4.52.